The van der Waals surface area contributed by atoms with E-state index in [9.17, 15) is 4.79 Å². The summed E-state index contributed by atoms with van der Waals surface area (Å²) in [6.07, 6.45) is 0. The molecule has 0 saturated heterocycles. The van der Waals surface area contributed by atoms with Crippen molar-refractivity contribution in [3.63, 3.8) is 0 Å². The van der Waals surface area contributed by atoms with Crippen molar-refractivity contribution in [2.75, 3.05) is 18.5 Å². The van der Waals surface area contributed by atoms with E-state index in [-0.39, 0.29) is 12.5 Å². The van der Waals surface area contributed by atoms with Gasteiger partial charge in [0.15, 0.2) is 18.1 Å². The van der Waals surface area contributed by atoms with Crippen molar-refractivity contribution in [2.45, 2.75) is 26.9 Å². The first kappa shape index (κ1) is 23.9. The number of carbonyl (C=O) groups is 1. The van der Waals surface area contributed by atoms with Gasteiger partial charge in [0.25, 0.3) is 5.91 Å². The number of ether oxygens (including phenoxy) is 2. The van der Waals surface area contributed by atoms with Gasteiger partial charge in [-0.2, -0.15) is 0 Å². The average molecular weight is 473 g/mol. The zero-order valence-electron chi connectivity index (χ0n) is 18.1. The lowest BCUT2D eigenvalue weighted by Gasteiger charge is -2.16. The summed E-state index contributed by atoms with van der Waals surface area (Å²) in [5.41, 5.74) is 3.78. The van der Waals surface area contributed by atoms with Gasteiger partial charge in [0.2, 0.25) is 0 Å². The van der Waals surface area contributed by atoms with Crippen LogP contribution in [0.25, 0.3) is 0 Å². The van der Waals surface area contributed by atoms with Crippen molar-refractivity contribution in [1.29, 1.82) is 0 Å². The molecule has 0 radical (unpaired) electrons. The Morgan fingerprint density at radius 2 is 1.69 bits per heavy atom. The number of nitrogens with one attached hydrogen (secondary N) is 2. The first-order chi connectivity index (χ1) is 15.5. The summed E-state index contributed by atoms with van der Waals surface area (Å²) < 4.78 is 11.4. The van der Waals surface area contributed by atoms with Crippen LogP contribution in [0.2, 0.25) is 10.0 Å². The molecule has 0 atom stereocenters. The molecule has 0 aliphatic heterocycles. The largest absolute Gasteiger partial charge is 0.490 e. The van der Waals surface area contributed by atoms with Gasteiger partial charge in [-0.25, -0.2) is 0 Å². The van der Waals surface area contributed by atoms with E-state index in [0.29, 0.717) is 41.9 Å². The van der Waals surface area contributed by atoms with E-state index in [4.69, 9.17) is 32.7 Å². The summed E-state index contributed by atoms with van der Waals surface area (Å²) in [6.45, 7) is 5.32. The molecule has 0 spiro atoms. The number of halogens is 2. The second kappa shape index (κ2) is 11.8. The van der Waals surface area contributed by atoms with Gasteiger partial charge in [-0.1, -0.05) is 59.1 Å². The van der Waals surface area contributed by atoms with Gasteiger partial charge >= 0.3 is 0 Å². The van der Waals surface area contributed by atoms with E-state index in [0.717, 1.165) is 21.7 Å². The van der Waals surface area contributed by atoms with Crippen LogP contribution in [0.15, 0.2) is 60.7 Å². The first-order valence-electron chi connectivity index (χ1n) is 10.3. The van der Waals surface area contributed by atoms with Crippen LogP contribution in [0.5, 0.6) is 11.5 Å². The van der Waals surface area contributed by atoms with Crippen LogP contribution in [-0.2, 0) is 17.9 Å². The number of hydrogen-bond acceptors (Lipinski definition) is 4. The van der Waals surface area contributed by atoms with Crippen LogP contribution in [0.4, 0.5) is 5.69 Å². The summed E-state index contributed by atoms with van der Waals surface area (Å²) in [5.74, 6) is 0.568. The van der Waals surface area contributed by atoms with E-state index in [1.54, 1.807) is 6.07 Å². The van der Waals surface area contributed by atoms with E-state index < -0.39 is 0 Å². The number of aryl methyl sites for hydroxylation is 1. The Kier molecular flexibility index (Phi) is 8.80. The van der Waals surface area contributed by atoms with Gasteiger partial charge in [0.05, 0.1) is 11.6 Å². The van der Waals surface area contributed by atoms with Gasteiger partial charge in [0.1, 0.15) is 0 Å². The zero-order valence-corrected chi connectivity index (χ0v) is 19.6. The molecule has 0 bridgehead atoms. The molecule has 0 unspecified atom stereocenters. The molecule has 2 N–H and O–H groups in total. The molecule has 7 heteroatoms. The Hall–Kier alpha value is -2.73. The minimum absolute atomic E-state index is 0.183. The number of benzene rings is 3. The van der Waals surface area contributed by atoms with Gasteiger partial charge in [0, 0.05) is 23.8 Å². The lowest BCUT2D eigenvalue weighted by Crippen LogP contribution is -2.20. The molecule has 0 saturated carbocycles. The van der Waals surface area contributed by atoms with Crippen LogP contribution >= 0.6 is 23.2 Å². The number of amides is 1. The highest BCUT2D eigenvalue weighted by Gasteiger charge is 2.15. The van der Waals surface area contributed by atoms with Gasteiger partial charge < -0.3 is 20.1 Å². The van der Waals surface area contributed by atoms with Crippen LogP contribution < -0.4 is 20.1 Å². The molecule has 0 heterocycles. The quantitative estimate of drug-likeness (QED) is 0.379. The predicted molar refractivity (Wildman–Crippen MR) is 130 cm³/mol. The standard InChI is InChI=1S/C25H26Cl2N2O3/c1-3-31-23-13-18(14-28-15-19-6-4-5-7-21(19)26)12-22(27)25(23)32-16-24(30)29-20-10-8-17(2)9-11-20/h4-13,28H,3,14-16H2,1-2H3,(H,29,30). The lowest BCUT2D eigenvalue weighted by atomic mass is 10.1. The maximum absolute atomic E-state index is 12.3. The van der Waals surface area contributed by atoms with Crippen molar-refractivity contribution in [2.24, 2.45) is 0 Å². The van der Waals surface area contributed by atoms with Crippen molar-refractivity contribution < 1.29 is 14.3 Å². The van der Waals surface area contributed by atoms with E-state index in [2.05, 4.69) is 10.6 Å². The molecular weight excluding hydrogens is 447 g/mol. The molecule has 0 aromatic heterocycles. The topological polar surface area (TPSA) is 59.6 Å². The van der Waals surface area contributed by atoms with Crippen molar-refractivity contribution in [3.8, 4) is 11.5 Å². The van der Waals surface area contributed by atoms with Crippen molar-refractivity contribution in [1.82, 2.24) is 5.32 Å². The maximum Gasteiger partial charge on any atom is 0.262 e. The zero-order chi connectivity index (χ0) is 22.9. The van der Waals surface area contributed by atoms with E-state index in [1.807, 2.05) is 68.4 Å². The SMILES string of the molecule is CCOc1cc(CNCc2ccccc2Cl)cc(Cl)c1OCC(=O)Nc1ccc(C)cc1. The van der Waals surface area contributed by atoms with Crippen LogP contribution in [-0.4, -0.2) is 19.1 Å². The van der Waals surface area contributed by atoms with Gasteiger partial charge in [-0.05, 0) is 55.3 Å². The summed E-state index contributed by atoms with van der Waals surface area (Å²) in [4.78, 5) is 12.3. The van der Waals surface area contributed by atoms with Crippen LogP contribution in [0.1, 0.15) is 23.6 Å². The molecule has 0 aliphatic carbocycles. The molecule has 3 aromatic rings. The second-order valence-corrected chi connectivity index (χ2v) is 8.05. The third kappa shape index (κ3) is 6.89. The average Bonchev–Trinajstić information content (AvgIpc) is 2.76. The molecule has 5 nitrogen and oxygen atoms in total. The van der Waals surface area contributed by atoms with E-state index in [1.165, 1.54) is 0 Å². The molecular formula is C25H26Cl2N2O3. The summed E-state index contributed by atoms with van der Waals surface area (Å²) >= 11 is 12.7. The third-order valence-electron chi connectivity index (χ3n) is 4.65. The predicted octanol–water partition coefficient (Wildman–Crippen LogP) is 6.01. The normalized spacial score (nSPS) is 10.6. The number of rotatable bonds is 10. The van der Waals surface area contributed by atoms with Crippen LogP contribution in [0.3, 0.4) is 0 Å². The third-order valence-corrected chi connectivity index (χ3v) is 5.30. The highest BCUT2D eigenvalue weighted by molar-refractivity contribution is 6.32. The van der Waals surface area contributed by atoms with Gasteiger partial charge in [-0.3, -0.25) is 4.79 Å². The monoisotopic (exact) mass is 472 g/mol. The fourth-order valence-electron chi connectivity index (χ4n) is 3.08. The molecule has 0 aliphatic rings. The van der Waals surface area contributed by atoms with Crippen molar-refractivity contribution >= 4 is 34.8 Å². The highest BCUT2D eigenvalue weighted by atomic mass is 35.5. The Labute approximate surface area is 198 Å². The number of anilines is 1. The second-order valence-electron chi connectivity index (χ2n) is 7.24. The Morgan fingerprint density at radius 3 is 2.41 bits per heavy atom. The van der Waals surface area contributed by atoms with Crippen molar-refractivity contribution in [3.05, 3.63) is 87.4 Å². The molecule has 1 amide bonds. The number of carbonyl (C=O) groups excluding carboxylic acids is 1. The molecule has 3 rings (SSSR count). The highest BCUT2D eigenvalue weighted by Crippen LogP contribution is 2.36. The maximum atomic E-state index is 12.3. The smallest absolute Gasteiger partial charge is 0.262 e. The first-order valence-corrected chi connectivity index (χ1v) is 11.1. The summed E-state index contributed by atoms with van der Waals surface area (Å²) in [6, 6.07) is 18.9. The minimum atomic E-state index is -0.280. The summed E-state index contributed by atoms with van der Waals surface area (Å²) in [7, 11) is 0. The Bertz CT molecular complexity index is 1060. The van der Waals surface area contributed by atoms with Gasteiger partial charge in [-0.15, -0.1) is 0 Å². The molecule has 168 valence electrons. The molecule has 32 heavy (non-hydrogen) atoms. The number of hydrogen-bond donors (Lipinski definition) is 2. The fourth-order valence-corrected chi connectivity index (χ4v) is 3.57. The fraction of sp³-hybridized carbons (Fsp3) is 0.240. The Balaban J connectivity index is 1.62. The Morgan fingerprint density at radius 1 is 0.938 bits per heavy atom. The van der Waals surface area contributed by atoms with E-state index >= 15 is 0 Å². The minimum Gasteiger partial charge on any atom is -0.490 e. The lowest BCUT2D eigenvalue weighted by molar-refractivity contribution is -0.118. The summed E-state index contributed by atoms with van der Waals surface area (Å²) in [5, 5.41) is 7.26. The molecule has 3 aromatic carbocycles. The van der Waals surface area contributed by atoms with Crippen LogP contribution in [0, 0.1) is 6.92 Å². The molecule has 0 fully saturated rings.